The Balaban J connectivity index is 1.25. The van der Waals surface area contributed by atoms with Crippen LogP contribution >= 0.6 is 11.8 Å². The van der Waals surface area contributed by atoms with E-state index < -0.39 is 5.97 Å². The van der Waals surface area contributed by atoms with E-state index in [1.807, 2.05) is 6.07 Å². The summed E-state index contributed by atoms with van der Waals surface area (Å²) in [4.78, 5) is 37.9. The first kappa shape index (κ1) is 17.3. The Bertz CT molecular complexity index is 798. The van der Waals surface area contributed by atoms with Gasteiger partial charge >= 0.3 is 5.97 Å². The monoisotopic (exact) mass is 385 g/mol. The largest absolute Gasteiger partial charge is 0.454 e. The molecule has 4 fully saturated rings. The molecular formula is C21H23NO4S. The van der Waals surface area contributed by atoms with Crippen molar-refractivity contribution in [3.8, 4) is 0 Å². The van der Waals surface area contributed by atoms with Gasteiger partial charge in [0, 0.05) is 10.3 Å². The molecule has 1 aliphatic heterocycles. The minimum Gasteiger partial charge on any atom is -0.454 e. The van der Waals surface area contributed by atoms with Crippen molar-refractivity contribution in [2.75, 3.05) is 17.7 Å². The fraction of sp³-hybridized carbons (Fsp3) is 0.571. The molecule has 1 aromatic carbocycles. The van der Waals surface area contributed by atoms with Crippen molar-refractivity contribution >= 4 is 35.1 Å². The highest BCUT2D eigenvalue weighted by molar-refractivity contribution is 8.00. The van der Waals surface area contributed by atoms with E-state index in [1.165, 1.54) is 31.0 Å². The van der Waals surface area contributed by atoms with E-state index in [0.717, 1.165) is 24.2 Å². The van der Waals surface area contributed by atoms with Gasteiger partial charge in [0.05, 0.1) is 17.0 Å². The molecular weight excluding hydrogens is 362 g/mol. The van der Waals surface area contributed by atoms with Crippen LogP contribution in [0.1, 0.15) is 48.9 Å². The van der Waals surface area contributed by atoms with Crippen LogP contribution in [0.25, 0.3) is 0 Å². The summed E-state index contributed by atoms with van der Waals surface area (Å²) >= 11 is 1.45. The SMILES string of the molecule is O=C1CSc2ccc(C(=O)OCC(=O)C34CC5CC(CC(C5)C3)C4)cc2N1. The zero-order chi connectivity index (χ0) is 18.6. The quantitative estimate of drug-likeness (QED) is 0.801. The second-order valence-corrected chi connectivity index (χ2v) is 9.76. The third-order valence-electron chi connectivity index (χ3n) is 6.81. The zero-order valence-corrected chi connectivity index (χ0v) is 16.0. The Morgan fingerprint density at radius 3 is 2.44 bits per heavy atom. The summed E-state index contributed by atoms with van der Waals surface area (Å²) in [6.45, 7) is -0.136. The molecule has 1 aromatic rings. The Morgan fingerprint density at radius 1 is 1.11 bits per heavy atom. The van der Waals surface area contributed by atoms with Crippen LogP contribution in [-0.2, 0) is 14.3 Å². The second kappa shape index (κ2) is 6.36. The molecule has 0 spiro atoms. The maximum absolute atomic E-state index is 13.0. The van der Waals surface area contributed by atoms with E-state index in [0.29, 0.717) is 34.8 Å². The highest BCUT2D eigenvalue weighted by Crippen LogP contribution is 2.60. The number of Topliss-reactive ketones (excluding diaryl/α,β-unsaturated/α-hetero) is 1. The maximum atomic E-state index is 13.0. The van der Waals surface area contributed by atoms with Gasteiger partial charge in [-0.05, 0) is 74.5 Å². The number of esters is 1. The fourth-order valence-electron chi connectivity index (χ4n) is 6.03. The summed E-state index contributed by atoms with van der Waals surface area (Å²) < 4.78 is 5.39. The number of carbonyl (C=O) groups is 3. The molecule has 0 radical (unpaired) electrons. The topological polar surface area (TPSA) is 72.5 Å². The predicted octanol–water partition coefficient (Wildman–Crippen LogP) is 3.67. The summed E-state index contributed by atoms with van der Waals surface area (Å²) in [5.74, 6) is 2.00. The van der Waals surface area contributed by atoms with Gasteiger partial charge in [0.2, 0.25) is 5.91 Å². The van der Waals surface area contributed by atoms with Crippen LogP contribution in [0.3, 0.4) is 0 Å². The standard InChI is InChI=1S/C21H23NO4S/c23-18(21-7-12-3-13(8-21)5-14(4-12)9-21)10-26-20(25)15-1-2-17-16(6-15)22-19(24)11-27-17/h1-2,6,12-14H,3-5,7-11H2,(H,22,24). The highest BCUT2D eigenvalue weighted by atomic mass is 32.2. The third-order valence-corrected chi connectivity index (χ3v) is 7.89. The Hall–Kier alpha value is -1.82. The molecule has 0 unspecified atom stereocenters. The van der Waals surface area contributed by atoms with Crippen LogP contribution in [0.5, 0.6) is 0 Å². The van der Waals surface area contributed by atoms with Gasteiger partial charge in [-0.3, -0.25) is 9.59 Å². The van der Waals surface area contributed by atoms with Crippen molar-refractivity contribution in [1.82, 2.24) is 0 Å². The number of thioether (sulfide) groups is 1. The summed E-state index contributed by atoms with van der Waals surface area (Å²) in [6, 6.07) is 5.15. The van der Waals surface area contributed by atoms with E-state index in [9.17, 15) is 14.4 Å². The number of nitrogens with one attached hydrogen (secondary N) is 1. The molecule has 142 valence electrons. The number of carbonyl (C=O) groups excluding carboxylic acids is 3. The summed E-state index contributed by atoms with van der Waals surface area (Å²) in [5, 5.41) is 2.77. The lowest BCUT2D eigenvalue weighted by Crippen LogP contribution is -2.51. The van der Waals surface area contributed by atoms with Gasteiger partial charge in [-0.25, -0.2) is 4.79 Å². The number of ketones is 1. The smallest absolute Gasteiger partial charge is 0.338 e. The van der Waals surface area contributed by atoms with Gasteiger partial charge < -0.3 is 10.1 Å². The number of fused-ring (bicyclic) bond motifs is 1. The normalized spacial score (nSPS) is 33.3. The zero-order valence-electron chi connectivity index (χ0n) is 15.2. The van der Waals surface area contributed by atoms with E-state index in [4.69, 9.17) is 4.74 Å². The molecule has 1 heterocycles. The number of amides is 1. The first-order valence-corrected chi connectivity index (χ1v) is 10.8. The molecule has 6 rings (SSSR count). The molecule has 27 heavy (non-hydrogen) atoms. The average molecular weight is 385 g/mol. The minimum atomic E-state index is -0.499. The summed E-state index contributed by atoms with van der Waals surface area (Å²) in [6.07, 6.45) is 6.80. The van der Waals surface area contributed by atoms with Crippen LogP contribution in [0.15, 0.2) is 23.1 Å². The molecule has 4 saturated carbocycles. The number of ether oxygens (including phenoxy) is 1. The van der Waals surface area contributed by atoms with Gasteiger partial charge in [0.15, 0.2) is 12.4 Å². The molecule has 1 N–H and O–H groups in total. The van der Waals surface area contributed by atoms with Gasteiger partial charge in [-0.2, -0.15) is 0 Å². The lowest BCUT2D eigenvalue weighted by atomic mass is 9.48. The number of benzene rings is 1. The molecule has 5 aliphatic rings. The number of hydrogen-bond acceptors (Lipinski definition) is 5. The van der Waals surface area contributed by atoms with Crippen LogP contribution < -0.4 is 5.32 Å². The Morgan fingerprint density at radius 2 is 1.78 bits per heavy atom. The number of anilines is 1. The predicted molar refractivity (Wildman–Crippen MR) is 102 cm³/mol. The molecule has 0 atom stereocenters. The van der Waals surface area contributed by atoms with Crippen LogP contribution in [0, 0.1) is 23.2 Å². The molecule has 4 bridgehead atoms. The second-order valence-electron chi connectivity index (χ2n) is 8.74. The van der Waals surface area contributed by atoms with Crippen molar-refractivity contribution in [2.45, 2.75) is 43.4 Å². The first-order chi connectivity index (χ1) is 13.0. The average Bonchev–Trinajstić information content (AvgIpc) is 2.64. The van der Waals surface area contributed by atoms with Gasteiger partial charge in [-0.1, -0.05) is 0 Å². The van der Waals surface area contributed by atoms with Crippen molar-refractivity contribution in [3.63, 3.8) is 0 Å². The lowest BCUT2D eigenvalue weighted by Gasteiger charge is -2.55. The van der Waals surface area contributed by atoms with Crippen molar-refractivity contribution < 1.29 is 19.1 Å². The lowest BCUT2D eigenvalue weighted by molar-refractivity contribution is -0.147. The Labute approximate surface area is 162 Å². The van der Waals surface area contributed by atoms with Crippen molar-refractivity contribution in [3.05, 3.63) is 23.8 Å². The van der Waals surface area contributed by atoms with Crippen LogP contribution in [0.4, 0.5) is 5.69 Å². The highest BCUT2D eigenvalue weighted by Gasteiger charge is 2.54. The molecule has 1 amide bonds. The van der Waals surface area contributed by atoms with Crippen molar-refractivity contribution in [2.24, 2.45) is 23.2 Å². The summed E-state index contributed by atoms with van der Waals surface area (Å²) in [5.41, 5.74) is 0.767. The molecule has 4 aliphatic carbocycles. The molecule has 0 aromatic heterocycles. The van der Waals surface area contributed by atoms with E-state index in [1.54, 1.807) is 12.1 Å². The van der Waals surface area contributed by atoms with Gasteiger partial charge in [0.25, 0.3) is 0 Å². The molecule has 5 nitrogen and oxygen atoms in total. The van der Waals surface area contributed by atoms with Gasteiger partial charge in [-0.15, -0.1) is 11.8 Å². The first-order valence-electron chi connectivity index (χ1n) is 9.78. The van der Waals surface area contributed by atoms with Crippen LogP contribution in [-0.4, -0.2) is 30.0 Å². The number of rotatable bonds is 4. The van der Waals surface area contributed by atoms with Gasteiger partial charge in [0.1, 0.15) is 0 Å². The van der Waals surface area contributed by atoms with E-state index >= 15 is 0 Å². The fourth-order valence-corrected chi connectivity index (χ4v) is 6.82. The molecule has 0 saturated heterocycles. The third kappa shape index (κ3) is 3.08. The minimum absolute atomic E-state index is 0.0741. The summed E-state index contributed by atoms with van der Waals surface area (Å²) in [7, 11) is 0. The van der Waals surface area contributed by atoms with Crippen molar-refractivity contribution in [1.29, 1.82) is 0 Å². The van der Waals surface area contributed by atoms with E-state index in [-0.39, 0.29) is 23.7 Å². The Kier molecular flexibility index (Phi) is 4.08. The van der Waals surface area contributed by atoms with Crippen LogP contribution in [0.2, 0.25) is 0 Å². The molecule has 6 heteroatoms. The maximum Gasteiger partial charge on any atom is 0.338 e. The van der Waals surface area contributed by atoms with E-state index in [2.05, 4.69) is 5.32 Å². The number of hydrogen-bond donors (Lipinski definition) is 1.